The lowest BCUT2D eigenvalue weighted by atomic mass is 9.97. The second-order valence-electron chi connectivity index (χ2n) is 12.3. The van der Waals surface area contributed by atoms with Crippen LogP contribution in [0.4, 0.5) is 13.2 Å². The monoisotopic (exact) mass is 679 g/mol. The van der Waals surface area contributed by atoms with Gasteiger partial charge in [-0.2, -0.15) is 13.2 Å². The zero-order valence-corrected chi connectivity index (χ0v) is 27.7. The van der Waals surface area contributed by atoms with Crippen molar-refractivity contribution in [3.63, 3.8) is 0 Å². The molecule has 1 aliphatic rings. The molecule has 0 aromatic heterocycles. The van der Waals surface area contributed by atoms with Crippen LogP contribution in [-0.2, 0) is 33.6 Å². The molecule has 0 bridgehead atoms. The highest BCUT2D eigenvalue weighted by Crippen LogP contribution is 2.23. The van der Waals surface area contributed by atoms with Crippen molar-refractivity contribution in [3.05, 3.63) is 12.2 Å². The highest BCUT2D eigenvalue weighted by atomic mass is 19.4. The number of nitrogens with zero attached hydrogens (tertiary/aromatic N) is 2. The van der Waals surface area contributed by atoms with E-state index in [0.717, 1.165) is 4.90 Å². The topological polar surface area (TPSA) is 217 Å². The van der Waals surface area contributed by atoms with E-state index in [1.807, 2.05) is 0 Å². The molecule has 0 aliphatic carbocycles. The van der Waals surface area contributed by atoms with Crippen molar-refractivity contribution in [3.8, 4) is 0 Å². The van der Waals surface area contributed by atoms with Crippen LogP contribution in [-0.4, -0.2) is 104 Å². The first-order valence-corrected chi connectivity index (χ1v) is 15.3. The quantitative estimate of drug-likeness (QED) is 0.111. The Kier molecular flexibility index (Phi) is 17.9. The fourth-order valence-corrected chi connectivity index (χ4v) is 4.53. The molecule has 268 valence electrons. The van der Waals surface area contributed by atoms with Gasteiger partial charge in [0, 0.05) is 30.7 Å². The van der Waals surface area contributed by atoms with Gasteiger partial charge < -0.3 is 31.5 Å². The number of amides is 5. The molecular formula is C30H48F3N5O9. The first-order chi connectivity index (χ1) is 21.6. The van der Waals surface area contributed by atoms with Gasteiger partial charge in [-0.05, 0) is 72.3 Å². The molecule has 0 aromatic carbocycles. The Hall–Kier alpha value is -4.02. The molecule has 17 heteroatoms. The normalized spacial score (nSPS) is 15.0. The molecule has 1 aliphatic heterocycles. The summed E-state index contributed by atoms with van der Waals surface area (Å²) in [5.41, 5.74) is 4.72. The minimum Gasteiger partial charge on any atom is -0.480 e. The van der Waals surface area contributed by atoms with Gasteiger partial charge in [0.05, 0.1) is 0 Å². The maximum atomic E-state index is 13.4. The van der Waals surface area contributed by atoms with Gasteiger partial charge in [-0.15, -0.1) is 0 Å². The van der Waals surface area contributed by atoms with Gasteiger partial charge >= 0.3 is 18.1 Å². The molecule has 47 heavy (non-hydrogen) atoms. The third-order valence-electron chi connectivity index (χ3n) is 6.91. The van der Waals surface area contributed by atoms with E-state index in [1.54, 1.807) is 34.6 Å². The van der Waals surface area contributed by atoms with E-state index in [9.17, 15) is 47.0 Å². The molecular weight excluding hydrogens is 631 g/mol. The van der Waals surface area contributed by atoms with E-state index in [-0.39, 0.29) is 43.0 Å². The summed E-state index contributed by atoms with van der Waals surface area (Å²) in [6.07, 6.45) is 0.647. The Morgan fingerprint density at radius 3 is 1.85 bits per heavy atom. The molecule has 0 fully saturated rings. The SMILES string of the molecule is CC(C)[C@H](NC(=O)CCCCCN1C(=O)C=CC1=O)C(=O)N[C@@H](C)C(=O)N([C@@H](CCCCN)C(=O)O)C(C)(C)C.O=C(O)C(F)(F)F. The van der Waals surface area contributed by atoms with Crippen LogP contribution in [0.5, 0.6) is 0 Å². The number of unbranched alkanes of at least 4 members (excludes halogenated alkanes) is 3. The summed E-state index contributed by atoms with van der Waals surface area (Å²) in [6.45, 7) is 11.0. The summed E-state index contributed by atoms with van der Waals surface area (Å²) in [6, 6.07) is -2.99. The molecule has 0 unspecified atom stereocenters. The van der Waals surface area contributed by atoms with Crippen LogP contribution in [0.1, 0.15) is 86.5 Å². The van der Waals surface area contributed by atoms with Crippen molar-refractivity contribution in [2.75, 3.05) is 13.1 Å². The standard InChI is InChI=1S/C28H47N5O7.C2HF3O2/c1-18(2)24(31-21(34)13-8-7-11-17-32-22(35)14-15-23(32)36)25(37)30-19(3)26(38)33(28(4,5)6)20(27(39)40)12-9-10-16-29;3-2(4,5)1(6)7/h14-15,18-20,24H,7-13,16-17,29H2,1-6H3,(H,30,37)(H,31,34)(H,39,40);(H,6,7)/t19-,20-,24-;/m0./s1. The van der Waals surface area contributed by atoms with E-state index in [0.29, 0.717) is 38.6 Å². The molecule has 0 radical (unpaired) electrons. The van der Waals surface area contributed by atoms with Gasteiger partial charge in [0.1, 0.15) is 18.1 Å². The predicted octanol–water partition coefficient (Wildman–Crippen LogP) is 1.96. The number of nitrogens with two attached hydrogens (primary N) is 1. The Balaban J connectivity index is 0.00000270. The third-order valence-corrected chi connectivity index (χ3v) is 6.91. The van der Waals surface area contributed by atoms with Gasteiger partial charge in [-0.25, -0.2) is 9.59 Å². The largest absolute Gasteiger partial charge is 0.490 e. The number of aliphatic carboxylic acids is 2. The maximum absolute atomic E-state index is 13.4. The molecule has 0 saturated heterocycles. The Morgan fingerprint density at radius 1 is 0.894 bits per heavy atom. The summed E-state index contributed by atoms with van der Waals surface area (Å²) >= 11 is 0. The summed E-state index contributed by atoms with van der Waals surface area (Å²) in [5, 5.41) is 22.4. The highest BCUT2D eigenvalue weighted by molar-refractivity contribution is 6.12. The zero-order chi connectivity index (χ0) is 36.7. The number of hydrogen-bond donors (Lipinski definition) is 5. The minimum absolute atomic E-state index is 0.159. The Bertz CT molecular complexity index is 1130. The van der Waals surface area contributed by atoms with Gasteiger partial charge in [-0.1, -0.05) is 20.3 Å². The summed E-state index contributed by atoms with van der Waals surface area (Å²) < 4.78 is 31.7. The van der Waals surface area contributed by atoms with Crippen molar-refractivity contribution in [2.45, 2.75) is 116 Å². The maximum Gasteiger partial charge on any atom is 0.490 e. The molecule has 1 rings (SSSR count). The van der Waals surface area contributed by atoms with E-state index >= 15 is 0 Å². The van der Waals surface area contributed by atoms with Crippen molar-refractivity contribution in [1.29, 1.82) is 0 Å². The summed E-state index contributed by atoms with van der Waals surface area (Å²) in [4.78, 5) is 85.7. The molecule has 0 aromatic rings. The fraction of sp³-hybridized carbons (Fsp3) is 0.700. The van der Waals surface area contributed by atoms with Crippen LogP contribution in [0.2, 0.25) is 0 Å². The van der Waals surface area contributed by atoms with Gasteiger partial charge in [0.2, 0.25) is 17.7 Å². The van der Waals surface area contributed by atoms with Crippen LogP contribution in [0.25, 0.3) is 0 Å². The highest BCUT2D eigenvalue weighted by Gasteiger charge is 2.40. The number of carbonyl (C=O) groups is 7. The van der Waals surface area contributed by atoms with Crippen molar-refractivity contribution >= 4 is 41.5 Å². The lowest BCUT2D eigenvalue weighted by molar-refractivity contribution is -0.192. The Morgan fingerprint density at radius 2 is 1.43 bits per heavy atom. The van der Waals surface area contributed by atoms with Crippen molar-refractivity contribution in [2.24, 2.45) is 11.7 Å². The molecule has 1 heterocycles. The number of carboxylic acids is 2. The van der Waals surface area contributed by atoms with Gasteiger partial charge in [0.15, 0.2) is 0 Å². The van der Waals surface area contributed by atoms with E-state index < -0.39 is 53.6 Å². The number of carbonyl (C=O) groups excluding carboxylic acids is 5. The van der Waals surface area contributed by atoms with Crippen LogP contribution in [0.3, 0.4) is 0 Å². The second kappa shape index (κ2) is 19.6. The average molecular weight is 680 g/mol. The third kappa shape index (κ3) is 15.4. The minimum atomic E-state index is -5.08. The average Bonchev–Trinajstić information content (AvgIpc) is 3.26. The smallest absolute Gasteiger partial charge is 0.480 e. The van der Waals surface area contributed by atoms with Crippen LogP contribution >= 0.6 is 0 Å². The first kappa shape index (κ1) is 43.0. The molecule has 0 spiro atoms. The predicted molar refractivity (Wildman–Crippen MR) is 163 cm³/mol. The molecule has 3 atom stereocenters. The van der Waals surface area contributed by atoms with Crippen molar-refractivity contribution < 1.29 is 56.9 Å². The number of carboxylic acid groups (broad SMARTS) is 2. The second-order valence-corrected chi connectivity index (χ2v) is 12.3. The molecule has 0 saturated carbocycles. The van der Waals surface area contributed by atoms with Crippen LogP contribution < -0.4 is 16.4 Å². The fourth-order valence-electron chi connectivity index (χ4n) is 4.53. The summed E-state index contributed by atoms with van der Waals surface area (Å²) in [7, 11) is 0. The number of alkyl halides is 3. The van der Waals surface area contributed by atoms with Gasteiger partial charge in [-0.3, -0.25) is 28.9 Å². The number of nitrogens with one attached hydrogen (secondary N) is 2. The van der Waals surface area contributed by atoms with E-state index in [1.165, 1.54) is 24.0 Å². The van der Waals surface area contributed by atoms with Crippen LogP contribution in [0.15, 0.2) is 12.2 Å². The zero-order valence-electron chi connectivity index (χ0n) is 27.7. The lowest BCUT2D eigenvalue weighted by Crippen LogP contribution is -2.61. The van der Waals surface area contributed by atoms with Crippen LogP contribution in [0, 0.1) is 5.92 Å². The first-order valence-electron chi connectivity index (χ1n) is 15.3. The lowest BCUT2D eigenvalue weighted by Gasteiger charge is -2.41. The number of halogens is 3. The number of imide groups is 1. The van der Waals surface area contributed by atoms with E-state index in [2.05, 4.69) is 10.6 Å². The number of rotatable bonds is 17. The van der Waals surface area contributed by atoms with Crippen molar-refractivity contribution in [1.82, 2.24) is 20.4 Å². The molecule has 5 amide bonds. The number of hydrogen-bond acceptors (Lipinski definition) is 8. The molecule has 14 nitrogen and oxygen atoms in total. The van der Waals surface area contributed by atoms with Gasteiger partial charge in [0.25, 0.3) is 11.8 Å². The summed E-state index contributed by atoms with van der Waals surface area (Å²) in [5.74, 6) is -6.22. The molecule has 6 N–H and O–H groups in total. The van der Waals surface area contributed by atoms with E-state index in [4.69, 9.17) is 15.6 Å². The Labute approximate surface area is 272 Å².